The van der Waals surface area contributed by atoms with E-state index in [4.69, 9.17) is 0 Å². The van der Waals surface area contributed by atoms with Crippen LogP contribution in [0.1, 0.15) is 35.3 Å². The lowest BCUT2D eigenvalue weighted by molar-refractivity contribution is -0.130. The van der Waals surface area contributed by atoms with Gasteiger partial charge in [-0.2, -0.15) is 11.8 Å². The smallest absolute Gasteiger partial charge is 0.251 e. The Bertz CT molecular complexity index is 936. The predicted molar refractivity (Wildman–Crippen MR) is 130 cm³/mol. The highest BCUT2D eigenvalue weighted by atomic mass is 32.2. The zero-order valence-electron chi connectivity index (χ0n) is 18.9. The zero-order valence-corrected chi connectivity index (χ0v) is 19.7. The second kappa shape index (κ2) is 11.2. The van der Waals surface area contributed by atoms with Crippen molar-refractivity contribution in [1.29, 1.82) is 0 Å². The Kier molecular flexibility index (Phi) is 8.33. The van der Waals surface area contributed by atoms with Gasteiger partial charge in [-0.3, -0.25) is 14.4 Å². The van der Waals surface area contributed by atoms with Crippen LogP contribution < -0.4 is 10.6 Å². The topological polar surface area (TPSA) is 78.5 Å². The van der Waals surface area contributed by atoms with E-state index in [-0.39, 0.29) is 23.6 Å². The van der Waals surface area contributed by atoms with E-state index in [0.29, 0.717) is 17.7 Å². The molecule has 3 amide bonds. The van der Waals surface area contributed by atoms with Gasteiger partial charge in [0, 0.05) is 35.8 Å². The number of carbonyl (C=O) groups excluding carboxylic acids is 3. The van der Waals surface area contributed by atoms with E-state index < -0.39 is 6.04 Å². The quantitative estimate of drug-likeness (QED) is 0.673. The minimum absolute atomic E-state index is 0.0796. The Morgan fingerprint density at radius 3 is 2.19 bits per heavy atom. The Morgan fingerprint density at radius 2 is 1.59 bits per heavy atom. The first-order valence-electron chi connectivity index (χ1n) is 11.0. The fourth-order valence-corrected chi connectivity index (χ4v) is 4.39. The van der Waals surface area contributed by atoms with Crippen LogP contribution >= 0.6 is 11.8 Å². The summed E-state index contributed by atoms with van der Waals surface area (Å²) in [4.78, 5) is 39.8. The number of nitrogens with one attached hydrogen (secondary N) is 2. The van der Waals surface area contributed by atoms with Crippen LogP contribution in [0, 0.1) is 12.8 Å². The van der Waals surface area contributed by atoms with Crippen molar-refractivity contribution in [2.45, 2.75) is 33.2 Å². The van der Waals surface area contributed by atoms with E-state index >= 15 is 0 Å². The van der Waals surface area contributed by atoms with Crippen LogP contribution in [0.2, 0.25) is 0 Å². The Labute approximate surface area is 194 Å². The van der Waals surface area contributed by atoms with E-state index in [1.54, 1.807) is 24.3 Å². The molecule has 1 atom stereocenters. The summed E-state index contributed by atoms with van der Waals surface area (Å²) < 4.78 is 0. The second-order valence-electron chi connectivity index (χ2n) is 8.42. The first kappa shape index (κ1) is 23.9. The molecule has 1 fully saturated rings. The molecule has 0 radical (unpaired) electrons. The second-order valence-corrected chi connectivity index (χ2v) is 9.64. The van der Waals surface area contributed by atoms with E-state index in [1.165, 1.54) is 0 Å². The molecule has 3 rings (SSSR count). The highest BCUT2D eigenvalue weighted by molar-refractivity contribution is 7.99. The highest BCUT2D eigenvalue weighted by Crippen LogP contribution is 2.15. The van der Waals surface area contributed by atoms with Crippen LogP contribution in [0.15, 0.2) is 48.5 Å². The molecule has 0 aromatic heterocycles. The minimum Gasteiger partial charge on any atom is -0.341 e. The maximum atomic E-state index is 12.9. The monoisotopic (exact) mass is 453 g/mol. The maximum absolute atomic E-state index is 12.9. The number of benzene rings is 2. The van der Waals surface area contributed by atoms with Crippen LogP contribution in [0.25, 0.3) is 0 Å². The molecule has 0 spiro atoms. The van der Waals surface area contributed by atoms with Gasteiger partial charge < -0.3 is 15.5 Å². The molecule has 2 aromatic rings. The van der Waals surface area contributed by atoms with E-state index in [9.17, 15) is 14.4 Å². The lowest BCUT2D eigenvalue weighted by Gasteiger charge is -2.26. The SMILES string of the molecule is Cc1ccc(C(=O)NC(C(=O)Nc2ccc(CC(=O)N3CCSCC3)cc2)C(C)C)cc1. The van der Waals surface area contributed by atoms with E-state index in [0.717, 1.165) is 35.7 Å². The molecule has 0 aliphatic carbocycles. The first-order valence-corrected chi connectivity index (χ1v) is 12.1. The summed E-state index contributed by atoms with van der Waals surface area (Å²) in [6.07, 6.45) is 0.361. The van der Waals surface area contributed by atoms with Crippen LogP contribution in [-0.2, 0) is 16.0 Å². The first-order chi connectivity index (χ1) is 15.3. The normalized spacial score (nSPS) is 14.7. The highest BCUT2D eigenvalue weighted by Gasteiger charge is 2.25. The van der Waals surface area contributed by atoms with Gasteiger partial charge in [-0.25, -0.2) is 0 Å². The number of rotatable bonds is 7. The summed E-state index contributed by atoms with van der Waals surface area (Å²) >= 11 is 1.88. The van der Waals surface area contributed by atoms with Crippen molar-refractivity contribution >= 4 is 35.2 Å². The molecule has 0 saturated carbocycles. The van der Waals surface area contributed by atoms with Crippen molar-refractivity contribution in [3.63, 3.8) is 0 Å². The van der Waals surface area contributed by atoms with Gasteiger partial charge in [-0.05, 0) is 42.7 Å². The van der Waals surface area contributed by atoms with Crippen molar-refractivity contribution in [1.82, 2.24) is 10.2 Å². The number of hydrogen-bond donors (Lipinski definition) is 2. The molecule has 32 heavy (non-hydrogen) atoms. The van der Waals surface area contributed by atoms with E-state index in [1.807, 2.05) is 61.7 Å². The molecule has 1 aliphatic heterocycles. The summed E-state index contributed by atoms with van der Waals surface area (Å²) in [5, 5.41) is 5.72. The number of amides is 3. The van der Waals surface area contributed by atoms with Crippen molar-refractivity contribution in [2.75, 3.05) is 29.9 Å². The molecule has 1 unspecified atom stereocenters. The Hall–Kier alpha value is -2.80. The predicted octanol–water partition coefficient (Wildman–Crippen LogP) is 3.51. The van der Waals surface area contributed by atoms with Gasteiger partial charge in [0.15, 0.2) is 0 Å². The third-order valence-corrected chi connectivity index (χ3v) is 6.43. The fourth-order valence-electron chi connectivity index (χ4n) is 3.49. The number of hydrogen-bond acceptors (Lipinski definition) is 4. The molecule has 170 valence electrons. The molecule has 0 bridgehead atoms. The van der Waals surface area contributed by atoms with Crippen molar-refractivity contribution in [3.05, 3.63) is 65.2 Å². The van der Waals surface area contributed by atoms with Crippen molar-refractivity contribution in [2.24, 2.45) is 5.92 Å². The van der Waals surface area contributed by atoms with Gasteiger partial charge in [0.1, 0.15) is 6.04 Å². The third kappa shape index (κ3) is 6.60. The van der Waals surface area contributed by atoms with Crippen LogP contribution in [0.4, 0.5) is 5.69 Å². The largest absolute Gasteiger partial charge is 0.341 e. The van der Waals surface area contributed by atoms with Gasteiger partial charge in [-0.1, -0.05) is 43.7 Å². The average Bonchev–Trinajstić information content (AvgIpc) is 2.79. The van der Waals surface area contributed by atoms with Gasteiger partial charge in [-0.15, -0.1) is 0 Å². The standard InChI is InChI=1S/C25H31N3O3S/c1-17(2)23(27-24(30)20-8-4-18(3)5-9-20)25(31)26-21-10-6-19(7-11-21)16-22(29)28-12-14-32-15-13-28/h4-11,17,23H,12-16H2,1-3H3,(H,26,31)(H,27,30). The molecule has 1 heterocycles. The molecule has 1 saturated heterocycles. The summed E-state index contributed by atoms with van der Waals surface area (Å²) in [5.41, 5.74) is 3.14. The summed E-state index contributed by atoms with van der Waals surface area (Å²) in [6.45, 7) is 7.37. The summed E-state index contributed by atoms with van der Waals surface area (Å²) in [6, 6.07) is 13.9. The van der Waals surface area contributed by atoms with Gasteiger partial charge in [0.25, 0.3) is 5.91 Å². The molecule has 7 heteroatoms. The molecular weight excluding hydrogens is 422 g/mol. The minimum atomic E-state index is -0.665. The molecule has 6 nitrogen and oxygen atoms in total. The zero-order chi connectivity index (χ0) is 23.1. The van der Waals surface area contributed by atoms with Crippen LogP contribution in [0.3, 0.4) is 0 Å². The van der Waals surface area contributed by atoms with Gasteiger partial charge >= 0.3 is 0 Å². The van der Waals surface area contributed by atoms with Gasteiger partial charge in [0.2, 0.25) is 11.8 Å². The fraction of sp³-hybridized carbons (Fsp3) is 0.400. The number of aryl methyl sites for hydroxylation is 1. The van der Waals surface area contributed by atoms with Gasteiger partial charge in [0.05, 0.1) is 6.42 Å². The number of nitrogens with zero attached hydrogens (tertiary/aromatic N) is 1. The van der Waals surface area contributed by atoms with Crippen LogP contribution in [-0.4, -0.2) is 53.3 Å². The van der Waals surface area contributed by atoms with E-state index in [2.05, 4.69) is 10.6 Å². The lowest BCUT2D eigenvalue weighted by atomic mass is 10.0. The van der Waals surface area contributed by atoms with Crippen LogP contribution in [0.5, 0.6) is 0 Å². The Balaban J connectivity index is 1.58. The lowest BCUT2D eigenvalue weighted by Crippen LogP contribution is -2.47. The van der Waals surface area contributed by atoms with Crippen molar-refractivity contribution < 1.29 is 14.4 Å². The third-order valence-electron chi connectivity index (χ3n) is 5.49. The summed E-state index contributed by atoms with van der Waals surface area (Å²) in [5.74, 6) is 1.51. The molecule has 2 aromatic carbocycles. The number of carbonyl (C=O) groups is 3. The summed E-state index contributed by atoms with van der Waals surface area (Å²) in [7, 11) is 0. The molecular formula is C25H31N3O3S. The van der Waals surface area contributed by atoms with Crippen molar-refractivity contribution in [3.8, 4) is 0 Å². The Morgan fingerprint density at radius 1 is 0.969 bits per heavy atom. The average molecular weight is 454 g/mol. The number of anilines is 1. The molecule has 1 aliphatic rings. The number of thioether (sulfide) groups is 1. The molecule has 2 N–H and O–H groups in total. The maximum Gasteiger partial charge on any atom is 0.251 e.